The predicted octanol–water partition coefficient (Wildman–Crippen LogP) is -1.35. The molecular weight excluding hydrogens is 937 g/mol. The van der Waals surface area contributed by atoms with Gasteiger partial charge in [-0.3, -0.25) is 9.59 Å². The lowest BCUT2D eigenvalue weighted by atomic mass is 9.33. The average Bonchev–Trinajstić information content (AvgIpc) is 3.31. The molecule has 7 fully saturated rings. The second-order valence-corrected chi connectivity index (χ2v) is 24.1. The van der Waals surface area contributed by atoms with Gasteiger partial charge in [0.1, 0.15) is 79.9 Å². The van der Waals surface area contributed by atoms with Crippen molar-refractivity contribution in [1.29, 1.82) is 0 Å². The van der Waals surface area contributed by atoms with Crippen LogP contribution in [0.15, 0.2) is 11.6 Å². The van der Waals surface area contributed by atoms with E-state index in [4.69, 9.17) is 33.2 Å². The lowest BCUT2D eigenvalue weighted by molar-refractivity contribution is -0.345. The molecule has 3 aliphatic heterocycles. The largest absolute Gasteiger partial charge is 0.463 e. The monoisotopic (exact) mass is 1020 g/mol. The van der Waals surface area contributed by atoms with Crippen molar-refractivity contribution >= 4 is 11.9 Å². The minimum absolute atomic E-state index is 0.0116. The number of ether oxygens (including phenoxy) is 7. The number of carbonyl (C=O) groups excluding carboxylic acids is 2. The van der Waals surface area contributed by atoms with E-state index in [2.05, 4.69) is 40.7 Å². The first-order valence-corrected chi connectivity index (χ1v) is 25.5. The SMILES string of the molecule is CC(=O)OC[C@H]1O[C@@H](O[C@H]2[C@@H](O)C[C@@]3(C)[C@@H](CC[C@]4(C)[C@@H]3CC=C3[C@@H]5CC(C)(C)CC[C@]5(C(=O)O[C@@H]5O[C@H](CO[C@@H]6O[C@H](CO)[C@@H](O)[C@H](O)[C@H]6O)[C@@H](O)[C@H](O)[C@H]5O)CC[C@]34C)[C@]2(C)CO)[C@H](O)[C@@H](O)[C@@H]1O. The molecule has 0 amide bonds. The molecule has 0 spiro atoms. The van der Waals surface area contributed by atoms with Gasteiger partial charge in [-0.05, 0) is 97.2 Å². The van der Waals surface area contributed by atoms with Crippen molar-refractivity contribution in [2.24, 2.45) is 50.2 Å². The Hall–Kier alpha value is -2.00. The highest BCUT2D eigenvalue weighted by Crippen LogP contribution is 2.76. The molecule has 0 unspecified atom stereocenters. The summed E-state index contributed by atoms with van der Waals surface area (Å²) < 4.78 is 40.4. The number of rotatable bonds is 11. The quantitative estimate of drug-likeness (QED) is 0.0647. The summed E-state index contributed by atoms with van der Waals surface area (Å²) in [5.41, 5.74) is -2.51. The molecule has 0 aromatic heterocycles. The second kappa shape index (κ2) is 19.9. The zero-order valence-electron chi connectivity index (χ0n) is 41.9. The molecule has 0 radical (unpaired) electrons. The smallest absolute Gasteiger partial charge is 0.315 e. The number of carbonyl (C=O) groups is 2. The molecule has 8 rings (SSSR count). The minimum atomic E-state index is -1.85. The van der Waals surface area contributed by atoms with Gasteiger partial charge in [0.2, 0.25) is 6.29 Å². The highest BCUT2D eigenvalue weighted by Gasteiger charge is 2.71. The Morgan fingerprint density at radius 3 is 1.83 bits per heavy atom. The van der Waals surface area contributed by atoms with Gasteiger partial charge >= 0.3 is 11.9 Å². The average molecular weight is 1020 g/mol. The number of hydrogen-bond donors (Lipinski definition) is 12. The van der Waals surface area contributed by atoms with Gasteiger partial charge in [0.25, 0.3) is 0 Å². The van der Waals surface area contributed by atoms with Crippen molar-refractivity contribution in [2.75, 3.05) is 26.4 Å². The zero-order valence-corrected chi connectivity index (χ0v) is 41.9. The van der Waals surface area contributed by atoms with E-state index in [0.29, 0.717) is 44.9 Å². The van der Waals surface area contributed by atoms with Gasteiger partial charge in [-0.15, -0.1) is 0 Å². The molecule has 0 bridgehead atoms. The Morgan fingerprint density at radius 1 is 0.648 bits per heavy atom. The van der Waals surface area contributed by atoms with Crippen molar-refractivity contribution < 1.29 is 104 Å². The van der Waals surface area contributed by atoms with Crippen molar-refractivity contribution in [1.82, 2.24) is 0 Å². The van der Waals surface area contributed by atoms with Crippen LogP contribution in [0, 0.1) is 50.2 Å². The molecule has 0 aromatic rings. The van der Waals surface area contributed by atoms with E-state index in [1.54, 1.807) is 0 Å². The van der Waals surface area contributed by atoms with Crippen LogP contribution >= 0.6 is 0 Å². The Labute approximate surface area is 414 Å². The van der Waals surface area contributed by atoms with E-state index in [-0.39, 0.29) is 41.6 Å². The summed E-state index contributed by atoms with van der Waals surface area (Å²) in [7, 11) is 0. The van der Waals surface area contributed by atoms with Gasteiger partial charge in [0.15, 0.2) is 12.6 Å². The maximum Gasteiger partial charge on any atom is 0.315 e. The van der Waals surface area contributed by atoms with Crippen molar-refractivity contribution in [3.05, 3.63) is 11.6 Å². The molecule has 3 saturated heterocycles. The maximum absolute atomic E-state index is 15.0. The number of hydrogen-bond acceptors (Lipinski definition) is 21. The number of esters is 2. The van der Waals surface area contributed by atoms with Gasteiger partial charge < -0.3 is 94.4 Å². The zero-order chi connectivity index (χ0) is 52.1. The summed E-state index contributed by atoms with van der Waals surface area (Å²) in [6.07, 6.45) is -19.2. The minimum Gasteiger partial charge on any atom is -0.463 e. The standard InChI is InChI=1S/C50H80O21/c1-22(53)65-19-27-32(56)35(59)38(62)42(68-27)70-40-25(54)17-46(4)29(47(40,5)21-52)10-11-49(7)30(46)9-8-23-24-16-45(2,3)12-14-50(24,15-13-48(23,49)6)44(64)71-43-39(63)36(60)33(57)28(69-43)20-66-41-37(61)34(58)31(55)26(18-51)67-41/h8,24-43,51-52,54-63H,9-21H2,1-7H3/t24-,25-,26+,27+,28+,29+,30+,31+,32+,33+,34-,35-,36-,37+,38+,39+,40-,41+,42-,43-,46-,47-,48+,49+,50-/m0/s1. The number of aliphatic hydroxyl groups is 12. The van der Waals surface area contributed by atoms with E-state index < -0.39 is 158 Å². The molecule has 21 heteroatoms. The predicted molar refractivity (Wildman–Crippen MR) is 243 cm³/mol. The van der Waals surface area contributed by atoms with Crippen LogP contribution < -0.4 is 0 Å². The van der Waals surface area contributed by atoms with Crippen LogP contribution in [0.5, 0.6) is 0 Å². The fourth-order valence-electron chi connectivity index (χ4n) is 15.3. The lowest BCUT2D eigenvalue weighted by Crippen LogP contribution is -2.69. The van der Waals surface area contributed by atoms with Crippen LogP contribution in [-0.4, -0.2) is 204 Å². The first-order valence-electron chi connectivity index (χ1n) is 25.5. The van der Waals surface area contributed by atoms with Crippen LogP contribution in [0.3, 0.4) is 0 Å². The van der Waals surface area contributed by atoms with Gasteiger partial charge in [-0.1, -0.05) is 53.2 Å². The first kappa shape index (κ1) is 55.2. The first-order chi connectivity index (χ1) is 33.1. The summed E-state index contributed by atoms with van der Waals surface area (Å²) in [5, 5.41) is 130. The van der Waals surface area contributed by atoms with Gasteiger partial charge in [-0.25, -0.2) is 0 Å². The Balaban J connectivity index is 1.03. The molecule has 12 N–H and O–H groups in total. The molecule has 5 aliphatic carbocycles. The Bertz CT molecular complexity index is 1970. The Kier molecular flexibility index (Phi) is 15.4. The van der Waals surface area contributed by atoms with E-state index >= 15 is 4.79 Å². The third-order valence-electron chi connectivity index (χ3n) is 19.7. The van der Waals surface area contributed by atoms with E-state index in [0.717, 1.165) is 12.0 Å². The van der Waals surface area contributed by atoms with E-state index in [1.807, 2.05) is 6.92 Å². The fraction of sp³-hybridized carbons (Fsp3) is 0.920. The molecule has 406 valence electrons. The Morgan fingerprint density at radius 2 is 1.21 bits per heavy atom. The third-order valence-corrected chi connectivity index (χ3v) is 19.7. The van der Waals surface area contributed by atoms with Crippen molar-refractivity contribution in [3.63, 3.8) is 0 Å². The second-order valence-electron chi connectivity index (χ2n) is 24.1. The van der Waals surface area contributed by atoms with Crippen molar-refractivity contribution in [2.45, 2.75) is 211 Å². The van der Waals surface area contributed by atoms with E-state index in [1.165, 1.54) is 6.92 Å². The van der Waals surface area contributed by atoms with Gasteiger partial charge in [0.05, 0.1) is 37.4 Å². The number of allylic oxidation sites excluding steroid dienone is 2. The van der Waals surface area contributed by atoms with Gasteiger partial charge in [0, 0.05) is 12.3 Å². The van der Waals surface area contributed by atoms with Crippen LogP contribution in [0.25, 0.3) is 0 Å². The summed E-state index contributed by atoms with van der Waals surface area (Å²) in [5.74, 6) is -1.76. The molecule has 8 aliphatic rings. The molecule has 71 heavy (non-hydrogen) atoms. The number of fused-ring (bicyclic) bond motifs is 7. The summed E-state index contributed by atoms with van der Waals surface area (Å²) >= 11 is 0. The van der Waals surface area contributed by atoms with Gasteiger partial charge in [-0.2, -0.15) is 0 Å². The van der Waals surface area contributed by atoms with Crippen molar-refractivity contribution in [3.8, 4) is 0 Å². The molecule has 0 aromatic carbocycles. The maximum atomic E-state index is 15.0. The van der Waals surface area contributed by atoms with E-state index in [9.17, 15) is 66.1 Å². The summed E-state index contributed by atoms with van der Waals surface area (Å²) in [4.78, 5) is 26.6. The molecular formula is C50H80O21. The fourth-order valence-corrected chi connectivity index (χ4v) is 15.3. The summed E-state index contributed by atoms with van der Waals surface area (Å²) in [6, 6.07) is 0. The van der Waals surface area contributed by atoms with Crippen LogP contribution in [0.2, 0.25) is 0 Å². The van der Waals surface area contributed by atoms with Crippen LogP contribution in [0.1, 0.15) is 106 Å². The molecule has 21 nitrogen and oxygen atoms in total. The van der Waals surface area contributed by atoms with Crippen LogP contribution in [-0.2, 0) is 42.7 Å². The normalized spacial score (nSPS) is 52.7. The highest BCUT2D eigenvalue weighted by atomic mass is 16.7. The molecule has 25 atom stereocenters. The number of aliphatic hydroxyl groups excluding tert-OH is 12. The molecule has 4 saturated carbocycles. The molecule has 3 heterocycles. The topological polar surface area (TPSA) is 342 Å². The lowest BCUT2D eigenvalue weighted by Gasteiger charge is -2.72. The van der Waals surface area contributed by atoms with Crippen LogP contribution in [0.4, 0.5) is 0 Å². The highest BCUT2D eigenvalue weighted by molar-refractivity contribution is 5.79. The third kappa shape index (κ3) is 9.04. The summed E-state index contributed by atoms with van der Waals surface area (Å²) in [6.45, 7) is 12.1.